The van der Waals surface area contributed by atoms with Crippen LogP contribution in [0.2, 0.25) is 0 Å². The van der Waals surface area contributed by atoms with Crippen molar-refractivity contribution < 1.29 is 27.6 Å². The van der Waals surface area contributed by atoms with Crippen LogP contribution in [0.4, 0.5) is 18.9 Å². The Bertz CT molecular complexity index is 628. The highest BCUT2D eigenvalue weighted by atomic mass is 19.4. The molecular formula is C12H13F3N2O5. The number of aromatic nitrogens is 1. The van der Waals surface area contributed by atoms with E-state index in [2.05, 4.69) is 0 Å². The quantitative estimate of drug-likeness (QED) is 0.625. The maximum atomic E-state index is 12.9. The van der Waals surface area contributed by atoms with E-state index in [0.29, 0.717) is 23.8 Å². The summed E-state index contributed by atoms with van der Waals surface area (Å²) < 4.78 is 49.7. The van der Waals surface area contributed by atoms with E-state index in [1.807, 2.05) is 0 Å². The van der Waals surface area contributed by atoms with Crippen LogP contribution in [0.3, 0.4) is 0 Å². The topological polar surface area (TPSA) is 83.6 Å². The Hall–Kier alpha value is -1.94. The minimum atomic E-state index is -4.81. The van der Waals surface area contributed by atoms with Gasteiger partial charge in [0, 0.05) is 26.0 Å². The SMILES string of the molecule is CO[C@@H]1CCOC[C@H]1n1cc(C(F)(F)F)cc([N+](=O)[O-])c1=O. The Labute approximate surface area is 122 Å². The summed E-state index contributed by atoms with van der Waals surface area (Å²) in [6.07, 6.45) is -4.43. The zero-order valence-corrected chi connectivity index (χ0v) is 11.5. The molecular weight excluding hydrogens is 309 g/mol. The zero-order chi connectivity index (χ0) is 16.5. The summed E-state index contributed by atoms with van der Waals surface area (Å²) in [6.45, 7) is 0.279. The van der Waals surface area contributed by atoms with Crippen molar-refractivity contribution in [2.24, 2.45) is 0 Å². The number of hydrogen-bond donors (Lipinski definition) is 0. The van der Waals surface area contributed by atoms with E-state index >= 15 is 0 Å². The van der Waals surface area contributed by atoms with Gasteiger partial charge >= 0.3 is 17.4 Å². The standard InChI is InChI=1S/C12H13F3N2O5/c1-21-10-2-3-22-6-9(10)16-5-7(12(13,14)15)4-8(11(16)18)17(19)20/h4-5,9-10H,2-3,6H2,1H3/t9-,10-/m1/s1. The molecule has 1 aliphatic rings. The lowest BCUT2D eigenvalue weighted by atomic mass is 10.1. The molecule has 22 heavy (non-hydrogen) atoms. The number of rotatable bonds is 3. The van der Waals surface area contributed by atoms with Gasteiger partial charge in [0.2, 0.25) is 0 Å². The lowest BCUT2D eigenvalue weighted by Crippen LogP contribution is -2.41. The molecule has 2 atom stereocenters. The second-order valence-electron chi connectivity index (χ2n) is 4.79. The van der Waals surface area contributed by atoms with Gasteiger partial charge in [0.15, 0.2) is 0 Å². The number of nitro groups is 1. The van der Waals surface area contributed by atoms with E-state index in [1.165, 1.54) is 7.11 Å². The highest BCUT2D eigenvalue weighted by molar-refractivity contribution is 5.33. The third-order valence-electron chi connectivity index (χ3n) is 3.47. The molecule has 0 saturated carbocycles. The fourth-order valence-electron chi connectivity index (χ4n) is 2.36. The smallest absolute Gasteiger partial charge is 0.379 e. The van der Waals surface area contributed by atoms with E-state index in [0.717, 1.165) is 0 Å². The highest BCUT2D eigenvalue weighted by Gasteiger charge is 2.37. The number of alkyl halides is 3. The second kappa shape index (κ2) is 6.05. The van der Waals surface area contributed by atoms with Gasteiger partial charge in [0.1, 0.15) is 0 Å². The normalized spacial score (nSPS) is 22.5. The van der Waals surface area contributed by atoms with Crippen LogP contribution in [0.1, 0.15) is 18.0 Å². The van der Waals surface area contributed by atoms with Gasteiger partial charge in [-0.3, -0.25) is 14.9 Å². The average molecular weight is 322 g/mol. The summed E-state index contributed by atoms with van der Waals surface area (Å²) in [5.41, 5.74) is -3.51. The Morgan fingerprint density at radius 1 is 1.50 bits per heavy atom. The molecule has 0 unspecified atom stereocenters. The van der Waals surface area contributed by atoms with Crippen LogP contribution in [0.15, 0.2) is 17.1 Å². The van der Waals surface area contributed by atoms with Crippen LogP contribution in [0.25, 0.3) is 0 Å². The van der Waals surface area contributed by atoms with E-state index in [1.54, 1.807) is 0 Å². The molecule has 0 spiro atoms. The van der Waals surface area contributed by atoms with Crippen molar-refractivity contribution in [2.75, 3.05) is 20.3 Å². The van der Waals surface area contributed by atoms with Gasteiger partial charge in [0.05, 0.1) is 29.2 Å². The third kappa shape index (κ3) is 3.12. The molecule has 10 heteroatoms. The predicted molar refractivity (Wildman–Crippen MR) is 67.6 cm³/mol. The molecule has 122 valence electrons. The van der Waals surface area contributed by atoms with Crippen molar-refractivity contribution in [1.29, 1.82) is 0 Å². The van der Waals surface area contributed by atoms with Gasteiger partial charge in [-0.1, -0.05) is 0 Å². The summed E-state index contributed by atoms with van der Waals surface area (Å²) in [6, 6.07) is -0.614. The van der Waals surface area contributed by atoms with Crippen LogP contribution in [-0.2, 0) is 15.7 Å². The van der Waals surface area contributed by atoms with Gasteiger partial charge in [-0.05, 0) is 6.42 Å². The first kappa shape index (κ1) is 16.4. The average Bonchev–Trinajstić information content (AvgIpc) is 2.46. The van der Waals surface area contributed by atoms with Crippen LogP contribution in [-0.4, -0.2) is 35.9 Å². The molecule has 1 fully saturated rings. The Balaban J connectivity index is 2.61. The monoisotopic (exact) mass is 322 g/mol. The van der Waals surface area contributed by atoms with Crippen molar-refractivity contribution >= 4 is 5.69 Å². The zero-order valence-electron chi connectivity index (χ0n) is 11.5. The largest absolute Gasteiger partial charge is 0.418 e. The minimum absolute atomic E-state index is 0.0587. The fraction of sp³-hybridized carbons (Fsp3) is 0.583. The van der Waals surface area contributed by atoms with Crippen molar-refractivity contribution in [3.8, 4) is 0 Å². The first-order valence-electron chi connectivity index (χ1n) is 6.34. The molecule has 1 aromatic heterocycles. The Kier molecular flexibility index (Phi) is 4.52. The van der Waals surface area contributed by atoms with Gasteiger partial charge in [0.25, 0.3) is 0 Å². The molecule has 1 saturated heterocycles. The molecule has 0 amide bonds. The van der Waals surface area contributed by atoms with Crippen LogP contribution in [0, 0.1) is 10.1 Å². The van der Waals surface area contributed by atoms with Gasteiger partial charge in [-0.2, -0.15) is 13.2 Å². The summed E-state index contributed by atoms with van der Waals surface area (Å²) >= 11 is 0. The minimum Gasteiger partial charge on any atom is -0.379 e. The highest BCUT2D eigenvalue weighted by Crippen LogP contribution is 2.32. The lowest BCUT2D eigenvalue weighted by molar-refractivity contribution is -0.386. The molecule has 0 bridgehead atoms. The number of ether oxygens (including phenoxy) is 2. The van der Waals surface area contributed by atoms with Crippen molar-refractivity contribution in [1.82, 2.24) is 4.57 Å². The number of methoxy groups -OCH3 is 1. The van der Waals surface area contributed by atoms with E-state index < -0.39 is 40.1 Å². The van der Waals surface area contributed by atoms with Gasteiger partial charge < -0.3 is 14.0 Å². The summed E-state index contributed by atoms with van der Waals surface area (Å²) in [5, 5.41) is 10.8. The van der Waals surface area contributed by atoms with E-state index in [4.69, 9.17) is 9.47 Å². The Morgan fingerprint density at radius 3 is 2.73 bits per heavy atom. The maximum Gasteiger partial charge on any atom is 0.418 e. The second-order valence-corrected chi connectivity index (χ2v) is 4.79. The van der Waals surface area contributed by atoms with Gasteiger partial charge in [-0.15, -0.1) is 0 Å². The summed E-state index contributed by atoms with van der Waals surface area (Å²) in [4.78, 5) is 21.8. The van der Waals surface area contributed by atoms with Gasteiger partial charge in [-0.25, -0.2) is 0 Å². The van der Waals surface area contributed by atoms with Crippen molar-refractivity contribution in [3.63, 3.8) is 0 Å². The number of pyridine rings is 1. The molecule has 2 heterocycles. The molecule has 1 aliphatic heterocycles. The molecule has 0 aromatic carbocycles. The molecule has 0 N–H and O–H groups in total. The van der Waals surface area contributed by atoms with Crippen LogP contribution < -0.4 is 5.56 Å². The molecule has 0 radical (unpaired) electrons. The van der Waals surface area contributed by atoms with E-state index in [9.17, 15) is 28.1 Å². The molecule has 1 aromatic rings. The molecule has 0 aliphatic carbocycles. The number of hydrogen-bond acceptors (Lipinski definition) is 5. The first-order chi connectivity index (χ1) is 10.3. The lowest BCUT2D eigenvalue weighted by Gasteiger charge is -2.31. The van der Waals surface area contributed by atoms with Crippen molar-refractivity contribution in [3.05, 3.63) is 38.3 Å². The first-order valence-corrected chi connectivity index (χ1v) is 6.34. The number of nitrogens with zero attached hydrogens (tertiary/aromatic N) is 2. The third-order valence-corrected chi connectivity index (χ3v) is 3.47. The Morgan fingerprint density at radius 2 is 2.18 bits per heavy atom. The summed E-state index contributed by atoms with van der Waals surface area (Å²) in [5.74, 6) is 0. The number of halogens is 3. The van der Waals surface area contributed by atoms with E-state index in [-0.39, 0.29) is 12.7 Å². The summed E-state index contributed by atoms with van der Waals surface area (Å²) in [7, 11) is 1.36. The van der Waals surface area contributed by atoms with Crippen LogP contribution in [0.5, 0.6) is 0 Å². The van der Waals surface area contributed by atoms with Crippen molar-refractivity contribution in [2.45, 2.75) is 24.7 Å². The fourth-order valence-corrected chi connectivity index (χ4v) is 2.36. The molecule has 7 nitrogen and oxygen atoms in total. The predicted octanol–water partition coefficient (Wildman–Crippen LogP) is 1.75. The maximum absolute atomic E-state index is 12.9. The van der Waals surface area contributed by atoms with Crippen LogP contribution >= 0.6 is 0 Å². The molecule has 2 rings (SSSR count).